The Bertz CT molecular complexity index is 729. The number of pyridine rings is 1. The van der Waals surface area contributed by atoms with E-state index < -0.39 is 0 Å². The van der Waals surface area contributed by atoms with Crippen molar-refractivity contribution in [3.63, 3.8) is 0 Å². The van der Waals surface area contributed by atoms with Crippen molar-refractivity contribution in [2.24, 2.45) is 12.0 Å². The molecule has 3 rings (SSSR count). The van der Waals surface area contributed by atoms with Gasteiger partial charge in [-0.2, -0.15) is 0 Å². The predicted octanol–water partition coefficient (Wildman–Crippen LogP) is 0.779. The maximum Gasteiger partial charge on any atom is 0.204 e. The lowest BCUT2D eigenvalue weighted by atomic mass is 10.3. The lowest BCUT2D eigenvalue weighted by Crippen LogP contribution is -2.52. The highest BCUT2D eigenvalue weighted by Gasteiger charge is 2.20. The first-order valence-corrected chi connectivity index (χ1v) is 8.89. The van der Waals surface area contributed by atoms with Crippen molar-refractivity contribution in [2.45, 2.75) is 6.54 Å². The summed E-state index contributed by atoms with van der Waals surface area (Å²) in [6.07, 6.45) is 3.76. The Morgan fingerprint density at radius 3 is 2.54 bits per heavy atom. The summed E-state index contributed by atoms with van der Waals surface area (Å²) in [5.74, 6) is 2.92. The lowest BCUT2D eigenvalue weighted by Gasteiger charge is -2.37. The van der Waals surface area contributed by atoms with Gasteiger partial charge in [-0.15, -0.1) is 0 Å². The first-order valence-electron chi connectivity index (χ1n) is 8.89. The van der Waals surface area contributed by atoms with Crippen LogP contribution in [0.4, 0.5) is 11.8 Å². The first kappa shape index (κ1) is 18.0. The van der Waals surface area contributed by atoms with E-state index in [0.717, 1.165) is 49.6 Å². The molecule has 1 fully saturated rings. The molecule has 2 aromatic heterocycles. The molecule has 1 aliphatic heterocycles. The summed E-state index contributed by atoms with van der Waals surface area (Å²) in [5.41, 5.74) is 1.13. The quantitative estimate of drug-likeness (QED) is 0.645. The Morgan fingerprint density at radius 2 is 1.96 bits per heavy atom. The molecule has 2 aromatic rings. The Hall–Kier alpha value is -2.77. The number of rotatable bonds is 4. The molecular weight excluding hydrogens is 328 g/mol. The van der Waals surface area contributed by atoms with Gasteiger partial charge in [0.15, 0.2) is 5.96 Å². The zero-order valence-electron chi connectivity index (χ0n) is 16.1. The molecule has 0 saturated carbocycles. The van der Waals surface area contributed by atoms with Gasteiger partial charge in [0.25, 0.3) is 0 Å². The van der Waals surface area contributed by atoms with Crippen LogP contribution in [0.2, 0.25) is 0 Å². The molecule has 26 heavy (non-hydrogen) atoms. The molecule has 0 bridgehead atoms. The lowest BCUT2D eigenvalue weighted by molar-refractivity contribution is 0.371. The highest BCUT2D eigenvalue weighted by atomic mass is 15.4. The number of anilines is 2. The van der Waals surface area contributed by atoms with Gasteiger partial charge < -0.3 is 24.6 Å². The largest absolute Gasteiger partial charge is 0.353 e. The third-order valence-corrected chi connectivity index (χ3v) is 4.65. The highest BCUT2D eigenvalue weighted by molar-refractivity contribution is 5.80. The van der Waals surface area contributed by atoms with Crippen molar-refractivity contribution < 1.29 is 0 Å². The van der Waals surface area contributed by atoms with Crippen molar-refractivity contribution in [3.05, 3.63) is 36.3 Å². The number of aromatic nitrogens is 3. The fourth-order valence-corrected chi connectivity index (χ4v) is 3.20. The van der Waals surface area contributed by atoms with Gasteiger partial charge in [0.05, 0.1) is 18.4 Å². The van der Waals surface area contributed by atoms with Crippen molar-refractivity contribution in [1.82, 2.24) is 24.8 Å². The van der Waals surface area contributed by atoms with E-state index in [1.807, 2.05) is 57.6 Å². The van der Waals surface area contributed by atoms with Crippen molar-refractivity contribution in [1.29, 1.82) is 0 Å². The molecule has 0 aromatic carbocycles. The van der Waals surface area contributed by atoms with Gasteiger partial charge in [-0.3, -0.25) is 4.99 Å². The average Bonchev–Trinajstić information content (AvgIpc) is 3.04. The summed E-state index contributed by atoms with van der Waals surface area (Å²) in [5, 5.41) is 3.47. The molecule has 0 aliphatic carbocycles. The van der Waals surface area contributed by atoms with Crippen LogP contribution in [-0.2, 0) is 13.6 Å². The van der Waals surface area contributed by atoms with E-state index in [9.17, 15) is 0 Å². The van der Waals surface area contributed by atoms with Crippen LogP contribution in [0.1, 0.15) is 5.69 Å². The number of hydrogen-bond acceptors (Lipinski definition) is 5. The zero-order chi connectivity index (χ0) is 18.5. The van der Waals surface area contributed by atoms with Crippen LogP contribution in [0, 0.1) is 0 Å². The minimum Gasteiger partial charge on any atom is -0.353 e. The minimum absolute atomic E-state index is 0.699. The second-order valence-corrected chi connectivity index (χ2v) is 6.57. The van der Waals surface area contributed by atoms with Crippen LogP contribution in [-0.4, -0.2) is 72.7 Å². The van der Waals surface area contributed by atoms with Crippen LogP contribution in [0.15, 0.2) is 35.6 Å². The smallest absolute Gasteiger partial charge is 0.204 e. The average molecular weight is 356 g/mol. The minimum atomic E-state index is 0.699. The summed E-state index contributed by atoms with van der Waals surface area (Å²) in [7, 11) is 7.87. The Balaban J connectivity index is 1.56. The van der Waals surface area contributed by atoms with Gasteiger partial charge in [0, 0.05) is 60.6 Å². The Morgan fingerprint density at radius 1 is 1.19 bits per heavy atom. The highest BCUT2D eigenvalue weighted by Crippen LogP contribution is 2.13. The van der Waals surface area contributed by atoms with E-state index in [0.29, 0.717) is 6.54 Å². The standard InChI is InChI=1S/C18H28N8/c1-19-17(21-13-15-14-22-18(23(2)3)24(15)4)26-11-9-25(10-12-26)16-7-5-6-8-20-16/h5-8,14H,9-13H2,1-4H3,(H,19,21). The fraction of sp³-hybridized carbons (Fsp3) is 0.500. The monoisotopic (exact) mass is 356 g/mol. The molecule has 3 heterocycles. The topological polar surface area (TPSA) is 64.8 Å². The predicted molar refractivity (Wildman–Crippen MR) is 106 cm³/mol. The van der Waals surface area contributed by atoms with E-state index in [4.69, 9.17) is 0 Å². The third-order valence-electron chi connectivity index (χ3n) is 4.65. The number of nitrogens with one attached hydrogen (secondary N) is 1. The molecule has 1 saturated heterocycles. The zero-order valence-corrected chi connectivity index (χ0v) is 16.1. The second kappa shape index (κ2) is 8.07. The molecule has 1 N–H and O–H groups in total. The SMILES string of the molecule is CN=C(NCc1cnc(N(C)C)n1C)N1CCN(c2ccccn2)CC1. The molecule has 0 radical (unpaired) electrons. The number of aliphatic imine (C=N–C) groups is 1. The molecule has 8 nitrogen and oxygen atoms in total. The van der Waals surface area contributed by atoms with Crippen LogP contribution >= 0.6 is 0 Å². The van der Waals surface area contributed by atoms with E-state index >= 15 is 0 Å². The third kappa shape index (κ3) is 3.89. The summed E-state index contributed by atoms with van der Waals surface area (Å²) in [4.78, 5) is 20.0. The molecule has 1 aliphatic rings. The molecule has 0 unspecified atom stereocenters. The molecule has 0 amide bonds. The fourth-order valence-electron chi connectivity index (χ4n) is 3.20. The van der Waals surface area contributed by atoms with Crippen LogP contribution < -0.4 is 15.1 Å². The van der Waals surface area contributed by atoms with Gasteiger partial charge in [-0.25, -0.2) is 9.97 Å². The van der Waals surface area contributed by atoms with Crippen LogP contribution in [0.3, 0.4) is 0 Å². The molecule has 0 atom stereocenters. The summed E-state index contributed by atoms with van der Waals surface area (Å²) < 4.78 is 2.10. The number of imidazole rings is 1. The summed E-state index contributed by atoms with van der Waals surface area (Å²) in [6.45, 7) is 4.42. The van der Waals surface area contributed by atoms with E-state index in [1.54, 1.807) is 0 Å². The Kier molecular flexibility index (Phi) is 5.60. The van der Waals surface area contributed by atoms with Gasteiger partial charge in [-0.05, 0) is 12.1 Å². The molecule has 8 heteroatoms. The number of piperazine rings is 1. The van der Waals surface area contributed by atoms with Gasteiger partial charge >= 0.3 is 0 Å². The van der Waals surface area contributed by atoms with Crippen LogP contribution in [0.5, 0.6) is 0 Å². The van der Waals surface area contributed by atoms with E-state index in [-0.39, 0.29) is 0 Å². The van der Waals surface area contributed by atoms with Crippen molar-refractivity contribution in [3.8, 4) is 0 Å². The van der Waals surface area contributed by atoms with Gasteiger partial charge in [-0.1, -0.05) is 6.07 Å². The first-order chi connectivity index (χ1) is 12.6. The molecular formula is C18H28N8. The summed E-state index contributed by atoms with van der Waals surface area (Å²) in [6, 6.07) is 6.05. The summed E-state index contributed by atoms with van der Waals surface area (Å²) >= 11 is 0. The second-order valence-electron chi connectivity index (χ2n) is 6.57. The van der Waals surface area contributed by atoms with E-state index in [1.165, 1.54) is 0 Å². The van der Waals surface area contributed by atoms with E-state index in [2.05, 4.69) is 40.7 Å². The van der Waals surface area contributed by atoms with Crippen molar-refractivity contribution >= 4 is 17.7 Å². The molecule has 140 valence electrons. The maximum atomic E-state index is 4.46. The van der Waals surface area contributed by atoms with Gasteiger partial charge in [0.1, 0.15) is 5.82 Å². The number of guanidine groups is 1. The normalized spacial score (nSPS) is 15.3. The number of nitrogens with zero attached hydrogens (tertiary/aromatic N) is 7. The molecule has 0 spiro atoms. The van der Waals surface area contributed by atoms with Crippen molar-refractivity contribution in [2.75, 3.05) is 57.1 Å². The van der Waals surface area contributed by atoms with Crippen LogP contribution in [0.25, 0.3) is 0 Å². The maximum absolute atomic E-state index is 4.46. The van der Waals surface area contributed by atoms with Gasteiger partial charge in [0.2, 0.25) is 5.95 Å². The number of hydrogen-bond donors (Lipinski definition) is 1. The Labute approximate surface area is 155 Å².